The summed E-state index contributed by atoms with van der Waals surface area (Å²) in [4.78, 5) is 20.4. The van der Waals surface area contributed by atoms with E-state index in [4.69, 9.17) is 24.9 Å². The highest BCUT2D eigenvalue weighted by atomic mass is 16.6. The molecule has 0 saturated carbocycles. The smallest absolute Gasteiger partial charge is 0.212 e. The summed E-state index contributed by atoms with van der Waals surface area (Å²) in [6.45, 7) is 6.24. The first-order valence-electron chi connectivity index (χ1n) is 11.6. The van der Waals surface area contributed by atoms with Gasteiger partial charge in [0.2, 0.25) is 6.41 Å². The largest absolute Gasteiger partial charge is 0.493 e. The van der Waals surface area contributed by atoms with Gasteiger partial charge in [-0.1, -0.05) is 0 Å². The summed E-state index contributed by atoms with van der Waals surface area (Å²) >= 11 is 0. The summed E-state index contributed by atoms with van der Waals surface area (Å²) in [5, 5.41) is 3.58. The van der Waals surface area contributed by atoms with Crippen LogP contribution in [0.3, 0.4) is 0 Å². The number of rotatable bonds is 7. The molecule has 180 valence electrons. The Kier molecular flexibility index (Phi) is 5.79. The van der Waals surface area contributed by atoms with E-state index in [1.807, 2.05) is 43.8 Å². The molecule has 1 spiro atoms. The number of nitrogens with one attached hydrogen (secondary N) is 1. The van der Waals surface area contributed by atoms with Crippen LogP contribution in [-0.4, -0.2) is 52.9 Å². The molecule has 3 aromatic heterocycles. The molecule has 1 saturated heterocycles. The quantitative estimate of drug-likeness (QED) is 0.516. The monoisotopic (exact) mass is 465 g/mol. The molecule has 9 nitrogen and oxygen atoms in total. The third kappa shape index (κ3) is 4.15. The van der Waals surface area contributed by atoms with Crippen LogP contribution in [0.25, 0.3) is 22.2 Å². The molecule has 5 rings (SSSR count). The van der Waals surface area contributed by atoms with Crippen molar-refractivity contribution in [2.24, 2.45) is 12.8 Å². The second-order valence-electron chi connectivity index (χ2n) is 9.82. The lowest BCUT2D eigenvalue weighted by atomic mass is 9.89. The topological polar surface area (TPSA) is 114 Å². The molecule has 1 fully saturated rings. The molecule has 2 aliphatic heterocycles. The summed E-state index contributed by atoms with van der Waals surface area (Å²) in [6, 6.07) is 3.88. The molecule has 2 aliphatic rings. The van der Waals surface area contributed by atoms with Crippen molar-refractivity contribution < 1.29 is 19.0 Å². The molecule has 0 bridgehead atoms. The fraction of sp³-hybridized carbons (Fsp3) is 0.480. The molecular weight excluding hydrogens is 434 g/mol. The minimum Gasteiger partial charge on any atom is -0.493 e. The molecule has 1 atom stereocenters. The summed E-state index contributed by atoms with van der Waals surface area (Å²) in [6.07, 6.45) is 6.63. The Morgan fingerprint density at radius 1 is 1.35 bits per heavy atom. The number of hydrogen-bond acceptors (Lipinski definition) is 7. The number of carbonyl (C=O) groups excluding carboxylic acids is 1. The number of ether oxygens (including phenoxy) is 3. The molecular formula is C25H31N5O4. The first kappa shape index (κ1) is 22.8. The minimum absolute atomic E-state index is 0.315. The molecule has 3 N–H and O–H groups in total. The number of aryl methyl sites for hydroxylation is 1. The lowest BCUT2D eigenvalue weighted by Gasteiger charge is -2.34. The highest BCUT2D eigenvalue weighted by Gasteiger charge is 2.44. The van der Waals surface area contributed by atoms with Gasteiger partial charge in [0.1, 0.15) is 17.2 Å². The van der Waals surface area contributed by atoms with Crippen LogP contribution < -0.4 is 15.8 Å². The van der Waals surface area contributed by atoms with E-state index in [-0.39, 0.29) is 5.54 Å². The van der Waals surface area contributed by atoms with Gasteiger partial charge in [0.05, 0.1) is 42.9 Å². The molecule has 1 unspecified atom stereocenters. The first-order valence-corrected chi connectivity index (χ1v) is 11.6. The Labute approximate surface area is 198 Å². The van der Waals surface area contributed by atoms with Crippen LogP contribution in [0.4, 0.5) is 5.82 Å². The maximum atomic E-state index is 11.0. The Morgan fingerprint density at radius 2 is 2.21 bits per heavy atom. The van der Waals surface area contributed by atoms with Crippen LogP contribution in [0.5, 0.6) is 5.75 Å². The van der Waals surface area contributed by atoms with E-state index >= 15 is 0 Å². The number of pyridine rings is 2. The molecule has 5 heterocycles. The van der Waals surface area contributed by atoms with E-state index in [1.54, 1.807) is 6.20 Å². The summed E-state index contributed by atoms with van der Waals surface area (Å²) in [5.74, 6) is 1.30. The van der Waals surface area contributed by atoms with Crippen molar-refractivity contribution in [3.63, 3.8) is 0 Å². The second kappa shape index (κ2) is 8.65. The zero-order chi connectivity index (χ0) is 23.9. The van der Waals surface area contributed by atoms with Crippen LogP contribution >= 0.6 is 0 Å². The van der Waals surface area contributed by atoms with Crippen molar-refractivity contribution >= 4 is 23.1 Å². The number of nitrogens with two attached hydrogens (primary N) is 1. The zero-order valence-corrected chi connectivity index (χ0v) is 19.9. The number of amides is 1. The Balaban J connectivity index is 1.65. The summed E-state index contributed by atoms with van der Waals surface area (Å²) in [5.41, 5.74) is 9.96. The van der Waals surface area contributed by atoms with Crippen molar-refractivity contribution in [3.8, 4) is 17.0 Å². The number of anilines is 1. The number of nitrogens with zero attached hydrogens (tertiary/aromatic N) is 3. The van der Waals surface area contributed by atoms with Gasteiger partial charge < -0.3 is 29.8 Å². The van der Waals surface area contributed by atoms with Gasteiger partial charge in [-0.05, 0) is 26.3 Å². The van der Waals surface area contributed by atoms with Gasteiger partial charge in [-0.2, -0.15) is 0 Å². The highest BCUT2D eigenvalue weighted by molar-refractivity contribution is 5.97. The van der Waals surface area contributed by atoms with Gasteiger partial charge in [0.25, 0.3) is 0 Å². The predicted octanol–water partition coefficient (Wildman–Crippen LogP) is 2.90. The van der Waals surface area contributed by atoms with Crippen LogP contribution in [0.2, 0.25) is 0 Å². The average Bonchev–Trinajstić information content (AvgIpc) is 3.39. The fourth-order valence-corrected chi connectivity index (χ4v) is 4.74. The van der Waals surface area contributed by atoms with Crippen molar-refractivity contribution in [1.29, 1.82) is 0 Å². The van der Waals surface area contributed by atoms with E-state index in [2.05, 4.69) is 10.3 Å². The predicted molar refractivity (Wildman–Crippen MR) is 129 cm³/mol. The van der Waals surface area contributed by atoms with Crippen molar-refractivity contribution in [2.45, 2.75) is 44.2 Å². The zero-order valence-electron chi connectivity index (χ0n) is 19.9. The van der Waals surface area contributed by atoms with Gasteiger partial charge in [-0.15, -0.1) is 0 Å². The van der Waals surface area contributed by atoms with E-state index in [0.717, 1.165) is 58.4 Å². The van der Waals surface area contributed by atoms with E-state index in [0.29, 0.717) is 38.7 Å². The van der Waals surface area contributed by atoms with Crippen LogP contribution in [0.1, 0.15) is 37.9 Å². The number of fused-ring (bicyclic) bond motifs is 3. The summed E-state index contributed by atoms with van der Waals surface area (Å²) < 4.78 is 20.4. The maximum absolute atomic E-state index is 11.0. The third-order valence-electron chi connectivity index (χ3n) is 6.59. The lowest BCUT2D eigenvalue weighted by Crippen LogP contribution is -2.37. The molecule has 9 heteroatoms. The molecule has 0 radical (unpaired) electrons. The normalized spacial score (nSPS) is 20.0. The van der Waals surface area contributed by atoms with Gasteiger partial charge in [-0.3, -0.25) is 4.79 Å². The Hall–Kier alpha value is -3.01. The molecule has 34 heavy (non-hydrogen) atoms. The molecule has 1 amide bonds. The minimum atomic E-state index is -0.550. The average molecular weight is 466 g/mol. The SMILES string of the molecule is Cn1cc(-c2cc(OCCC(C)(C)N)c3c(n2)C2(CCOC2)OCC3)c2cc(NC=O)ncc21. The fourth-order valence-electron chi connectivity index (χ4n) is 4.74. The maximum Gasteiger partial charge on any atom is 0.212 e. The first-order chi connectivity index (χ1) is 16.3. The number of carbonyl (C=O) groups is 1. The van der Waals surface area contributed by atoms with Crippen LogP contribution in [-0.2, 0) is 33.3 Å². The van der Waals surface area contributed by atoms with Crippen molar-refractivity contribution in [1.82, 2.24) is 14.5 Å². The van der Waals surface area contributed by atoms with E-state index in [1.165, 1.54) is 0 Å². The summed E-state index contributed by atoms with van der Waals surface area (Å²) in [7, 11) is 1.97. The van der Waals surface area contributed by atoms with Gasteiger partial charge in [0.15, 0.2) is 0 Å². The highest BCUT2D eigenvalue weighted by Crippen LogP contribution is 2.44. The Bertz CT molecular complexity index is 1220. The number of aromatic nitrogens is 3. The van der Waals surface area contributed by atoms with Gasteiger partial charge >= 0.3 is 0 Å². The van der Waals surface area contributed by atoms with Crippen molar-refractivity contribution in [3.05, 3.63) is 35.8 Å². The number of hydrogen-bond donors (Lipinski definition) is 2. The molecule has 0 aliphatic carbocycles. The van der Waals surface area contributed by atoms with Crippen LogP contribution in [0, 0.1) is 0 Å². The van der Waals surface area contributed by atoms with E-state index < -0.39 is 5.60 Å². The second-order valence-corrected chi connectivity index (χ2v) is 9.82. The lowest BCUT2D eigenvalue weighted by molar-refractivity contribution is -0.105. The third-order valence-corrected chi connectivity index (χ3v) is 6.59. The molecule has 0 aromatic carbocycles. The van der Waals surface area contributed by atoms with Crippen LogP contribution in [0.15, 0.2) is 24.5 Å². The van der Waals surface area contributed by atoms with Crippen molar-refractivity contribution in [2.75, 3.05) is 31.7 Å². The standard InChI is InChI=1S/C25H31N5O4/c1-24(2,26)5-9-33-21-11-19(29-23-16(21)4-7-34-25(23)6-8-32-14-25)18-13-30(3)20-12-27-22(28-15-31)10-17(18)20/h10-13,15H,4-9,14,26H2,1-3H3,(H,27,28,31). The van der Waals surface area contributed by atoms with Gasteiger partial charge in [0, 0.05) is 60.8 Å². The van der Waals surface area contributed by atoms with Gasteiger partial charge in [-0.25, -0.2) is 9.97 Å². The Morgan fingerprint density at radius 3 is 2.94 bits per heavy atom. The van der Waals surface area contributed by atoms with E-state index in [9.17, 15) is 4.79 Å². The molecule has 3 aromatic rings.